The first kappa shape index (κ1) is 26.1. The van der Waals surface area contributed by atoms with Gasteiger partial charge in [0.2, 0.25) is 0 Å². The van der Waals surface area contributed by atoms with E-state index in [-0.39, 0.29) is 71.5 Å². The number of rotatable bonds is 13. The van der Waals surface area contributed by atoms with Crippen molar-refractivity contribution in [2.75, 3.05) is 6.61 Å². The van der Waals surface area contributed by atoms with E-state index in [1.807, 2.05) is 0 Å². The van der Waals surface area contributed by atoms with E-state index in [0.29, 0.717) is 6.61 Å². The number of unbranched alkanes of at least 4 members (excludes halogenated alkanes) is 9. The van der Waals surface area contributed by atoms with Gasteiger partial charge in [0.05, 0.1) is 13.0 Å². The zero-order valence-corrected chi connectivity index (χ0v) is 11.9. The van der Waals surface area contributed by atoms with Crippen molar-refractivity contribution >= 4 is 71.3 Å². The molecule has 3 nitrogen and oxygen atoms in total. The molecule has 0 saturated heterocycles. The van der Waals surface area contributed by atoms with Crippen molar-refractivity contribution in [2.24, 2.45) is 0 Å². The quantitative estimate of drug-likeness (QED) is 0.246. The van der Waals surface area contributed by atoms with Crippen molar-refractivity contribution in [1.29, 1.82) is 5.41 Å². The van der Waals surface area contributed by atoms with E-state index in [1.54, 1.807) is 0 Å². The normalized spacial score (nSPS) is 9.25. The molecule has 0 unspecified atom stereocenters. The van der Waals surface area contributed by atoms with Crippen molar-refractivity contribution < 1.29 is 9.53 Å². The van der Waals surface area contributed by atoms with Crippen LogP contribution in [0.1, 0.15) is 77.6 Å². The summed E-state index contributed by atoms with van der Waals surface area (Å²) in [6.07, 6.45) is 14.0. The second-order valence-electron chi connectivity index (χ2n) is 4.81. The number of hydrogen-bond acceptors (Lipinski definition) is 3. The van der Waals surface area contributed by atoms with Gasteiger partial charge in [-0.05, 0) is 6.42 Å². The van der Waals surface area contributed by atoms with Crippen LogP contribution in [0.3, 0.4) is 0 Å². The van der Waals surface area contributed by atoms with Crippen molar-refractivity contribution in [3.63, 3.8) is 0 Å². The summed E-state index contributed by atoms with van der Waals surface area (Å²) in [6, 6.07) is 0. The number of esters is 1. The van der Waals surface area contributed by atoms with Gasteiger partial charge in [0.1, 0.15) is 0 Å². The van der Waals surface area contributed by atoms with Crippen molar-refractivity contribution in [2.45, 2.75) is 77.6 Å². The maximum absolute atomic E-state index is 10.9. The van der Waals surface area contributed by atoms with Crippen LogP contribution in [0.5, 0.6) is 0 Å². The van der Waals surface area contributed by atoms with Gasteiger partial charge in [0.15, 0.2) is 0 Å². The van der Waals surface area contributed by atoms with E-state index in [9.17, 15) is 4.79 Å². The topological polar surface area (TPSA) is 50.2 Å². The zero-order chi connectivity index (χ0) is 13.5. The molecule has 1 N–H and O–H groups in total. The molecule has 0 aliphatic rings. The Hall–Kier alpha value is 1.14. The first-order valence-electron chi connectivity index (χ1n) is 7.45. The third-order valence-corrected chi connectivity index (χ3v) is 3.03. The van der Waals surface area contributed by atoms with Crippen LogP contribution in [0, 0.1) is 5.41 Å². The average Bonchev–Trinajstić information content (AvgIpc) is 2.36. The Morgan fingerprint density at radius 1 is 0.900 bits per heavy atom. The Bertz CT molecular complexity index is 214. The summed E-state index contributed by atoms with van der Waals surface area (Å²) < 4.78 is 4.96. The van der Waals surface area contributed by atoms with Gasteiger partial charge >= 0.3 is 65.1 Å². The maximum atomic E-state index is 10.9. The summed E-state index contributed by atoms with van der Waals surface area (Å²) in [4.78, 5) is 10.9. The van der Waals surface area contributed by atoms with E-state index in [0.717, 1.165) is 19.1 Å². The van der Waals surface area contributed by atoms with Crippen LogP contribution in [0.15, 0.2) is 0 Å². The zero-order valence-electron chi connectivity index (χ0n) is 11.9. The molecule has 0 amide bonds. The van der Waals surface area contributed by atoms with E-state index in [2.05, 4.69) is 6.92 Å². The van der Waals surface area contributed by atoms with E-state index in [1.165, 1.54) is 51.4 Å². The van der Waals surface area contributed by atoms with Gasteiger partial charge in [0.25, 0.3) is 0 Å². The summed E-state index contributed by atoms with van der Waals surface area (Å²) in [5.74, 6) is -0.277. The summed E-state index contributed by atoms with van der Waals surface area (Å²) in [5.41, 5.74) is 0. The number of carbonyl (C=O) groups is 1. The summed E-state index contributed by atoms with van der Waals surface area (Å²) >= 11 is 0. The number of carbonyl (C=O) groups excluding carboxylic acids is 1. The first-order valence-corrected chi connectivity index (χ1v) is 7.45. The summed E-state index contributed by atoms with van der Waals surface area (Å²) in [5, 5.41) is 6.76. The second-order valence-corrected chi connectivity index (χ2v) is 4.81. The predicted molar refractivity (Wildman–Crippen MR) is 90.5 cm³/mol. The van der Waals surface area contributed by atoms with Crippen LogP contribution in [-0.4, -0.2) is 77.9 Å². The minimum atomic E-state index is -0.277. The van der Waals surface area contributed by atoms with Crippen molar-refractivity contribution in [3.05, 3.63) is 0 Å². The molecule has 0 rings (SSSR count). The molecule has 0 aromatic rings. The Kier molecular flexibility index (Phi) is 29.2. The molecule has 0 spiro atoms. The van der Waals surface area contributed by atoms with Crippen molar-refractivity contribution in [3.8, 4) is 0 Å². The van der Waals surface area contributed by atoms with E-state index >= 15 is 0 Å². The standard InChI is InChI=1S/C15H29NO2.2Na.2H/c1-2-3-4-5-6-7-8-9-10-11-14-18-15(17)12-13-16;;;;/h13,16H,2-12,14H2,1H3;;;;. The Balaban J connectivity index is -0.00000144. The molecule has 0 heterocycles. The molecular formula is C15H31NNa2O2. The molecular weight excluding hydrogens is 272 g/mol. The fourth-order valence-corrected chi connectivity index (χ4v) is 1.92. The molecule has 0 saturated carbocycles. The first-order chi connectivity index (χ1) is 8.81. The van der Waals surface area contributed by atoms with Gasteiger partial charge in [-0.15, -0.1) is 0 Å². The van der Waals surface area contributed by atoms with Gasteiger partial charge in [-0.25, -0.2) is 0 Å². The van der Waals surface area contributed by atoms with E-state index < -0.39 is 0 Å². The van der Waals surface area contributed by atoms with Gasteiger partial charge in [-0.2, -0.15) is 0 Å². The second kappa shape index (κ2) is 22.4. The molecule has 0 aromatic carbocycles. The number of ether oxygens (including phenoxy) is 1. The molecule has 0 aliphatic carbocycles. The Morgan fingerprint density at radius 3 is 1.80 bits per heavy atom. The number of nitrogens with one attached hydrogen (secondary N) is 1. The van der Waals surface area contributed by atoms with Gasteiger partial charge in [-0.1, -0.05) is 64.7 Å². The van der Waals surface area contributed by atoms with Crippen LogP contribution in [-0.2, 0) is 9.53 Å². The fourth-order valence-electron chi connectivity index (χ4n) is 1.92. The third kappa shape index (κ3) is 21.4. The van der Waals surface area contributed by atoms with Crippen molar-refractivity contribution in [1.82, 2.24) is 0 Å². The average molecular weight is 303 g/mol. The van der Waals surface area contributed by atoms with Crippen LogP contribution < -0.4 is 0 Å². The van der Waals surface area contributed by atoms with Gasteiger partial charge in [-0.3, -0.25) is 4.79 Å². The molecule has 5 heteroatoms. The van der Waals surface area contributed by atoms with Crippen LogP contribution >= 0.6 is 0 Å². The van der Waals surface area contributed by atoms with Gasteiger partial charge in [0, 0.05) is 6.21 Å². The molecule has 20 heavy (non-hydrogen) atoms. The molecule has 0 aromatic heterocycles. The minimum absolute atomic E-state index is 0. The van der Waals surface area contributed by atoms with E-state index in [4.69, 9.17) is 10.1 Å². The van der Waals surface area contributed by atoms with Gasteiger partial charge < -0.3 is 10.1 Å². The molecule has 0 aliphatic heterocycles. The molecule has 0 bridgehead atoms. The monoisotopic (exact) mass is 303 g/mol. The summed E-state index contributed by atoms with van der Waals surface area (Å²) in [6.45, 7) is 2.76. The summed E-state index contributed by atoms with van der Waals surface area (Å²) in [7, 11) is 0. The SMILES string of the molecule is CCCCCCCCCCCCOC(=O)CC=N.[NaH].[NaH]. The number of hydrogen-bond donors (Lipinski definition) is 1. The predicted octanol–water partition coefficient (Wildman–Crippen LogP) is 3.19. The molecule has 0 radical (unpaired) electrons. The molecule has 0 fully saturated rings. The van der Waals surface area contributed by atoms with Crippen LogP contribution in [0.4, 0.5) is 0 Å². The third-order valence-electron chi connectivity index (χ3n) is 3.03. The molecule has 0 atom stereocenters. The Morgan fingerprint density at radius 2 is 1.35 bits per heavy atom. The van der Waals surface area contributed by atoms with Crippen LogP contribution in [0.2, 0.25) is 0 Å². The van der Waals surface area contributed by atoms with Crippen LogP contribution in [0.25, 0.3) is 0 Å². The molecule has 110 valence electrons. The Labute approximate surface area is 169 Å². The fraction of sp³-hybridized carbons (Fsp3) is 0.867.